The van der Waals surface area contributed by atoms with Gasteiger partial charge in [0.2, 0.25) is 5.88 Å². The van der Waals surface area contributed by atoms with E-state index >= 15 is 0 Å². The lowest BCUT2D eigenvalue weighted by atomic mass is 10.1. The van der Waals surface area contributed by atoms with Crippen molar-refractivity contribution < 1.29 is 14.2 Å². The second-order valence-electron chi connectivity index (χ2n) is 5.06. The van der Waals surface area contributed by atoms with Gasteiger partial charge in [0.05, 0.1) is 6.61 Å². The number of aliphatic hydroxyl groups is 1. The molecule has 2 aromatic rings. The van der Waals surface area contributed by atoms with Gasteiger partial charge in [0.15, 0.2) is 0 Å². The fourth-order valence-electron chi connectivity index (χ4n) is 1.82. The van der Waals surface area contributed by atoms with Gasteiger partial charge in [0.25, 0.3) is 0 Å². The Morgan fingerprint density at radius 3 is 2.65 bits per heavy atom. The highest BCUT2D eigenvalue weighted by Gasteiger charge is 2.09. The van der Waals surface area contributed by atoms with Crippen molar-refractivity contribution >= 4 is 0 Å². The third-order valence-corrected chi connectivity index (χ3v) is 3.02. The molecule has 4 heteroatoms. The van der Waals surface area contributed by atoms with Crippen LogP contribution in [0.1, 0.15) is 36.6 Å². The maximum atomic E-state index is 13.3. The van der Waals surface area contributed by atoms with Crippen molar-refractivity contribution in [1.29, 1.82) is 0 Å². The minimum Gasteiger partial charge on any atom is -0.439 e. The molecule has 0 atom stereocenters. The van der Waals surface area contributed by atoms with Crippen LogP contribution in [-0.4, -0.2) is 10.1 Å². The molecule has 106 valence electrons. The average Bonchev–Trinajstić information content (AvgIpc) is 2.42. The van der Waals surface area contributed by atoms with Crippen molar-refractivity contribution in [1.82, 2.24) is 4.98 Å². The third-order valence-electron chi connectivity index (χ3n) is 3.02. The third kappa shape index (κ3) is 3.33. The molecule has 0 saturated carbocycles. The summed E-state index contributed by atoms with van der Waals surface area (Å²) in [6, 6.07) is 7.88. The zero-order chi connectivity index (χ0) is 14.7. The summed E-state index contributed by atoms with van der Waals surface area (Å²) in [5, 5.41) is 9.29. The van der Waals surface area contributed by atoms with Crippen molar-refractivity contribution in [3.05, 3.63) is 53.0 Å². The molecule has 0 aliphatic rings. The van der Waals surface area contributed by atoms with Crippen LogP contribution in [0.5, 0.6) is 11.6 Å². The first-order chi connectivity index (χ1) is 9.49. The van der Waals surface area contributed by atoms with E-state index in [1.54, 1.807) is 12.1 Å². The minimum absolute atomic E-state index is 0.0826. The fraction of sp³-hybridized carbons (Fsp3) is 0.312. The van der Waals surface area contributed by atoms with E-state index < -0.39 is 0 Å². The molecular weight excluding hydrogens is 257 g/mol. The lowest BCUT2D eigenvalue weighted by Crippen LogP contribution is -1.99. The molecule has 0 radical (unpaired) electrons. The quantitative estimate of drug-likeness (QED) is 0.919. The second-order valence-corrected chi connectivity index (χ2v) is 5.06. The van der Waals surface area contributed by atoms with E-state index in [1.807, 2.05) is 26.8 Å². The number of hydrogen-bond acceptors (Lipinski definition) is 3. The highest BCUT2D eigenvalue weighted by molar-refractivity contribution is 5.37. The summed E-state index contributed by atoms with van der Waals surface area (Å²) >= 11 is 0. The number of aryl methyl sites for hydroxylation is 1. The number of hydrogen-bond donors (Lipinski definition) is 1. The smallest absolute Gasteiger partial charge is 0.219 e. The van der Waals surface area contributed by atoms with Gasteiger partial charge in [-0.2, -0.15) is 0 Å². The molecule has 0 spiro atoms. The first kappa shape index (κ1) is 14.5. The van der Waals surface area contributed by atoms with E-state index in [4.69, 9.17) is 4.74 Å². The zero-order valence-electron chi connectivity index (χ0n) is 11.9. The molecule has 2 rings (SSSR count). The van der Waals surface area contributed by atoms with Gasteiger partial charge in [-0.25, -0.2) is 9.37 Å². The van der Waals surface area contributed by atoms with E-state index in [2.05, 4.69) is 4.98 Å². The second kappa shape index (κ2) is 6.01. The molecule has 1 N–H and O–H groups in total. The lowest BCUT2D eigenvalue weighted by molar-refractivity contribution is 0.280. The monoisotopic (exact) mass is 275 g/mol. The maximum Gasteiger partial charge on any atom is 0.219 e. The highest BCUT2D eigenvalue weighted by Crippen LogP contribution is 2.27. The fourth-order valence-corrected chi connectivity index (χ4v) is 1.82. The Hall–Kier alpha value is -1.94. The van der Waals surface area contributed by atoms with Gasteiger partial charge in [0.1, 0.15) is 11.6 Å². The van der Waals surface area contributed by atoms with E-state index in [-0.39, 0.29) is 18.3 Å². The average molecular weight is 275 g/mol. The maximum absolute atomic E-state index is 13.3. The van der Waals surface area contributed by atoms with Crippen LogP contribution in [0.25, 0.3) is 0 Å². The summed E-state index contributed by atoms with van der Waals surface area (Å²) in [5.41, 5.74) is 2.39. The van der Waals surface area contributed by atoms with Crippen molar-refractivity contribution in [2.24, 2.45) is 0 Å². The predicted molar refractivity (Wildman–Crippen MR) is 75.5 cm³/mol. The van der Waals surface area contributed by atoms with E-state index in [0.29, 0.717) is 11.6 Å². The van der Waals surface area contributed by atoms with Crippen LogP contribution in [-0.2, 0) is 6.61 Å². The summed E-state index contributed by atoms with van der Waals surface area (Å²) in [5.74, 6) is 0.668. The molecule has 1 aromatic carbocycles. The van der Waals surface area contributed by atoms with Gasteiger partial charge >= 0.3 is 0 Å². The molecule has 0 unspecified atom stereocenters. The topological polar surface area (TPSA) is 42.4 Å². The summed E-state index contributed by atoms with van der Waals surface area (Å²) in [6.45, 7) is 5.79. The first-order valence-electron chi connectivity index (χ1n) is 6.55. The van der Waals surface area contributed by atoms with Crippen LogP contribution >= 0.6 is 0 Å². The number of aliphatic hydroxyl groups excluding tert-OH is 1. The van der Waals surface area contributed by atoms with Crippen LogP contribution < -0.4 is 4.74 Å². The number of benzene rings is 1. The van der Waals surface area contributed by atoms with Gasteiger partial charge in [-0.3, -0.25) is 0 Å². The number of pyridine rings is 1. The van der Waals surface area contributed by atoms with Crippen LogP contribution in [0.4, 0.5) is 4.39 Å². The van der Waals surface area contributed by atoms with E-state index in [0.717, 1.165) is 16.8 Å². The number of rotatable bonds is 4. The van der Waals surface area contributed by atoms with Gasteiger partial charge in [-0.15, -0.1) is 0 Å². The molecule has 0 fully saturated rings. The van der Waals surface area contributed by atoms with Crippen LogP contribution in [0.15, 0.2) is 30.3 Å². The van der Waals surface area contributed by atoms with E-state index in [1.165, 1.54) is 12.1 Å². The lowest BCUT2D eigenvalue weighted by Gasteiger charge is -2.12. The SMILES string of the molecule is Cc1ccc(F)cc1Oc1cc(CO)cc(C(C)C)n1. The van der Waals surface area contributed by atoms with Gasteiger partial charge in [-0.05, 0) is 36.1 Å². The molecule has 0 amide bonds. The predicted octanol–water partition coefficient (Wildman–Crippen LogP) is 3.94. The molecule has 0 aliphatic heterocycles. The number of aromatic nitrogens is 1. The number of nitrogens with zero attached hydrogens (tertiary/aromatic N) is 1. The van der Waals surface area contributed by atoms with Crippen molar-refractivity contribution in [2.75, 3.05) is 0 Å². The summed E-state index contributed by atoms with van der Waals surface area (Å²) in [6.07, 6.45) is 0. The van der Waals surface area contributed by atoms with Crippen LogP contribution in [0.2, 0.25) is 0 Å². The molecule has 20 heavy (non-hydrogen) atoms. The summed E-state index contributed by atoms with van der Waals surface area (Å²) in [4.78, 5) is 4.39. The van der Waals surface area contributed by atoms with Crippen molar-refractivity contribution in [3.8, 4) is 11.6 Å². The number of ether oxygens (including phenoxy) is 1. The number of halogens is 1. The summed E-state index contributed by atoms with van der Waals surface area (Å²) in [7, 11) is 0. The van der Waals surface area contributed by atoms with Crippen LogP contribution in [0.3, 0.4) is 0 Å². The Morgan fingerprint density at radius 1 is 1.25 bits per heavy atom. The largest absolute Gasteiger partial charge is 0.439 e. The highest BCUT2D eigenvalue weighted by atomic mass is 19.1. The van der Waals surface area contributed by atoms with Gasteiger partial charge in [-0.1, -0.05) is 19.9 Å². The standard InChI is InChI=1S/C16H18FNO2/c1-10(2)14-6-12(9-19)7-16(18-14)20-15-8-13(17)5-4-11(15)3/h4-8,10,19H,9H2,1-3H3. The van der Waals surface area contributed by atoms with Crippen molar-refractivity contribution in [3.63, 3.8) is 0 Å². The Kier molecular flexibility index (Phi) is 4.35. The van der Waals surface area contributed by atoms with Gasteiger partial charge < -0.3 is 9.84 Å². The van der Waals surface area contributed by atoms with Crippen LogP contribution in [0, 0.1) is 12.7 Å². The zero-order valence-corrected chi connectivity index (χ0v) is 11.9. The molecular formula is C16H18FNO2. The summed E-state index contributed by atoms with van der Waals surface area (Å²) < 4.78 is 18.9. The minimum atomic E-state index is -0.354. The van der Waals surface area contributed by atoms with Crippen molar-refractivity contribution in [2.45, 2.75) is 33.3 Å². The molecule has 1 heterocycles. The molecule has 0 saturated heterocycles. The normalized spacial score (nSPS) is 10.9. The Balaban J connectivity index is 2.37. The first-order valence-corrected chi connectivity index (χ1v) is 6.55. The molecule has 1 aromatic heterocycles. The van der Waals surface area contributed by atoms with E-state index in [9.17, 15) is 9.50 Å². The Morgan fingerprint density at radius 2 is 2.00 bits per heavy atom. The molecule has 0 bridgehead atoms. The van der Waals surface area contributed by atoms with Gasteiger partial charge in [0, 0.05) is 17.8 Å². The Bertz CT molecular complexity index is 611. The molecule has 0 aliphatic carbocycles. The Labute approximate surface area is 118 Å². The molecule has 3 nitrogen and oxygen atoms in total.